The van der Waals surface area contributed by atoms with Crippen LogP contribution in [0.1, 0.15) is 18.9 Å². The number of halogens is 3. The van der Waals surface area contributed by atoms with Crippen LogP contribution in [0.15, 0.2) is 12.1 Å². The average molecular weight is 252 g/mol. The van der Waals surface area contributed by atoms with Crippen LogP contribution in [0.4, 0.5) is 8.78 Å². The SMILES string of the molecule is CCC(N)Cc1cc(F)c(F)cc1OC.Cl. The van der Waals surface area contributed by atoms with Gasteiger partial charge in [-0.15, -0.1) is 12.4 Å². The molecule has 0 aliphatic carbocycles. The lowest BCUT2D eigenvalue weighted by Crippen LogP contribution is -2.21. The molecule has 2 N–H and O–H groups in total. The highest BCUT2D eigenvalue weighted by molar-refractivity contribution is 5.85. The van der Waals surface area contributed by atoms with E-state index in [1.165, 1.54) is 7.11 Å². The molecule has 16 heavy (non-hydrogen) atoms. The molecule has 92 valence electrons. The van der Waals surface area contributed by atoms with E-state index in [1.807, 2.05) is 6.92 Å². The van der Waals surface area contributed by atoms with Crippen LogP contribution in [0.5, 0.6) is 5.75 Å². The van der Waals surface area contributed by atoms with Crippen molar-refractivity contribution in [3.63, 3.8) is 0 Å². The van der Waals surface area contributed by atoms with E-state index in [0.717, 1.165) is 18.6 Å². The van der Waals surface area contributed by atoms with E-state index in [4.69, 9.17) is 10.5 Å². The molecule has 0 saturated heterocycles. The predicted molar refractivity (Wildman–Crippen MR) is 62.1 cm³/mol. The zero-order valence-electron chi connectivity index (χ0n) is 9.30. The number of nitrogens with two attached hydrogens (primary N) is 1. The van der Waals surface area contributed by atoms with Gasteiger partial charge in [0.1, 0.15) is 5.75 Å². The molecule has 5 heteroatoms. The van der Waals surface area contributed by atoms with Crippen molar-refractivity contribution in [1.29, 1.82) is 0 Å². The van der Waals surface area contributed by atoms with Crippen LogP contribution >= 0.6 is 12.4 Å². The maximum Gasteiger partial charge on any atom is 0.162 e. The molecule has 0 aliphatic rings. The third-order valence-corrected chi connectivity index (χ3v) is 2.33. The zero-order chi connectivity index (χ0) is 11.4. The first-order valence-corrected chi connectivity index (χ1v) is 4.86. The van der Waals surface area contributed by atoms with Gasteiger partial charge in [-0.3, -0.25) is 0 Å². The molecule has 1 rings (SSSR count). The minimum atomic E-state index is -0.902. The van der Waals surface area contributed by atoms with Crippen LogP contribution in [0.25, 0.3) is 0 Å². The summed E-state index contributed by atoms with van der Waals surface area (Å²) in [6, 6.07) is 2.13. The highest BCUT2D eigenvalue weighted by Crippen LogP contribution is 2.23. The normalized spacial score (nSPS) is 11.8. The van der Waals surface area contributed by atoms with Crippen LogP contribution in [-0.2, 0) is 6.42 Å². The van der Waals surface area contributed by atoms with Crippen LogP contribution in [0.2, 0.25) is 0 Å². The van der Waals surface area contributed by atoms with E-state index >= 15 is 0 Å². The molecule has 0 aliphatic heterocycles. The van der Waals surface area contributed by atoms with Crippen molar-refractivity contribution >= 4 is 12.4 Å². The number of benzene rings is 1. The van der Waals surface area contributed by atoms with E-state index in [9.17, 15) is 8.78 Å². The summed E-state index contributed by atoms with van der Waals surface area (Å²) < 4.78 is 30.8. The molecule has 1 atom stereocenters. The Morgan fingerprint density at radius 3 is 2.38 bits per heavy atom. The molecule has 0 radical (unpaired) electrons. The molecule has 0 fully saturated rings. The van der Waals surface area contributed by atoms with Gasteiger partial charge in [-0.2, -0.15) is 0 Å². The molecule has 0 spiro atoms. The van der Waals surface area contributed by atoms with E-state index in [1.54, 1.807) is 0 Å². The minimum absolute atomic E-state index is 0. The summed E-state index contributed by atoms with van der Waals surface area (Å²) >= 11 is 0. The van der Waals surface area contributed by atoms with Crippen molar-refractivity contribution in [3.05, 3.63) is 29.3 Å². The lowest BCUT2D eigenvalue weighted by Gasteiger charge is -2.12. The Labute approximate surface area is 100 Å². The predicted octanol–water partition coefficient (Wildman–Crippen LogP) is 2.68. The Morgan fingerprint density at radius 1 is 1.31 bits per heavy atom. The summed E-state index contributed by atoms with van der Waals surface area (Å²) in [6.45, 7) is 1.94. The standard InChI is InChI=1S/C11H15F2NO.ClH/c1-3-8(14)4-7-5-9(12)10(13)6-11(7)15-2;/h5-6,8H,3-4,14H2,1-2H3;1H. The smallest absolute Gasteiger partial charge is 0.162 e. The number of ether oxygens (including phenoxy) is 1. The summed E-state index contributed by atoms with van der Waals surface area (Å²) in [6.07, 6.45) is 1.26. The zero-order valence-corrected chi connectivity index (χ0v) is 10.1. The lowest BCUT2D eigenvalue weighted by atomic mass is 10.0. The first-order chi connectivity index (χ1) is 7.08. The van der Waals surface area contributed by atoms with Crippen LogP contribution in [-0.4, -0.2) is 13.2 Å². The van der Waals surface area contributed by atoms with Crippen molar-refractivity contribution in [2.24, 2.45) is 5.73 Å². The summed E-state index contributed by atoms with van der Waals surface area (Å²) in [5, 5.41) is 0. The average Bonchev–Trinajstić information content (AvgIpc) is 2.22. The topological polar surface area (TPSA) is 35.2 Å². The fourth-order valence-electron chi connectivity index (χ4n) is 1.35. The van der Waals surface area contributed by atoms with Crippen molar-refractivity contribution in [3.8, 4) is 5.75 Å². The Hall–Kier alpha value is -0.870. The lowest BCUT2D eigenvalue weighted by molar-refractivity contribution is 0.398. The Kier molecular flexibility index (Phi) is 6.29. The van der Waals surface area contributed by atoms with Crippen LogP contribution in [0, 0.1) is 11.6 Å². The molecular weight excluding hydrogens is 236 g/mol. The van der Waals surface area contributed by atoms with E-state index in [2.05, 4.69) is 0 Å². The van der Waals surface area contributed by atoms with Crippen molar-refractivity contribution < 1.29 is 13.5 Å². The maximum atomic E-state index is 13.0. The summed E-state index contributed by atoms with van der Waals surface area (Å²) in [5.41, 5.74) is 6.35. The van der Waals surface area contributed by atoms with Gasteiger partial charge in [0.05, 0.1) is 7.11 Å². The second-order valence-electron chi connectivity index (χ2n) is 3.45. The van der Waals surface area contributed by atoms with Gasteiger partial charge in [-0.05, 0) is 24.5 Å². The molecule has 0 amide bonds. The van der Waals surface area contributed by atoms with Crippen LogP contribution < -0.4 is 10.5 Å². The van der Waals surface area contributed by atoms with Gasteiger partial charge < -0.3 is 10.5 Å². The van der Waals surface area contributed by atoms with Crippen molar-refractivity contribution in [2.45, 2.75) is 25.8 Å². The third-order valence-electron chi connectivity index (χ3n) is 2.33. The Morgan fingerprint density at radius 2 is 1.88 bits per heavy atom. The molecule has 1 aromatic rings. The summed E-state index contributed by atoms with van der Waals surface area (Å²) in [5.74, 6) is -1.42. The Balaban J connectivity index is 0.00000225. The summed E-state index contributed by atoms with van der Waals surface area (Å²) in [7, 11) is 1.42. The number of rotatable bonds is 4. The molecule has 2 nitrogen and oxygen atoms in total. The van der Waals surface area contributed by atoms with E-state index in [-0.39, 0.29) is 18.4 Å². The quantitative estimate of drug-likeness (QED) is 0.893. The van der Waals surface area contributed by atoms with Crippen molar-refractivity contribution in [1.82, 2.24) is 0 Å². The van der Waals surface area contributed by atoms with Gasteiger partial charge in [-0.25, -0.2) is 8.78 Å². The van der Waals surface area contributed by atoms with E-state index < -0.39 is 11.6 Å². The maximum absolute atomic E-state index is 13.0. The molecule has 1 aromatic carbocycles. The molecule has 0 bridgehead atoms. The van der Waals surface area contributed by atoms with Gasteiger partial charge in [0, 0.05) is 12.1 Å². The second kappa shape index (κ2) is 6.66. The third kappa shape index (κ3) is 3.61. The number of methoxy groups -OCH3 is 1. The molecule has 0 heterocycles. The van der Waals surface area contributed by atoms with Gasteiger partial charge in [0.15, 0.2) is 11.6 Å². The highest BCUT2D eigenvalue weighted by atomic mass is 35.5. The van der Waals surface area contributed by atoms with Gasteiger partial charge in [0.2, 0.25) is 0 Å². The van der Waals surface area contributed by atoms with E-state index in [0.29, 0.717) is 17.7 Å². The fourth-order valence-corrected chi connectivity index (χ4v) is 1.35. The van der Waals surface area contributed by atoms with Gasteiger partial charge >= 0.3 is 0 Å². The minimum Gasteiger partial charge on any atom is -0.496 e. The molecule has 0 aromatic heterocycles. The molecule has 1 unspecified atom stereocenters. The van der Waals surface area contributed by atoms with Gasteiger partial charge in [0.25, 0.3) is 0 Å². The fraction of sp³-hybridized carbons (Fsp3) is 0.455. The monoisotopic (exact) mass is 251 g/mol. The number of hydrogen-bond donors (Lipinski definition) is 1. The van der Waals surface area contributed by atoms with Crippen LogP contribution in [0.3, 0.4) is 0 Å². The second-order valence-corrected chi connectivity index (χ2v) is 3.45. The highest BCUT2D eigenvalue weighted by Gasteiger charge is 2.12. The van der Waals surface area contributed by atoms with Crippen molar-refractivity contribution in [2.75, 3.05) is 7.11 Å². The molecular formula is C11H16ClF2NO. The van der Waals surface area contributed by atoms with Gasteiger partial charge in [-0.1, -0.05) is 6.92 Å². The first-order valence-electron chi connectivity index (χ1n) is 4.86. The molecule has 0 saturated carbocycles. The summed E-state index contributed by atoms with van der Waals surface area (Å²) in [4.78, 5) is 0. The largest absolute Gasteiger partial charge is 0.496 e. The first kappa shape index (κ1) is 15.1. The Bertz CT molecular complexity index is 347. The number of hydrogen-bond acceptors (Lipinski definition) is 2.